The molecule has 0 heterocycles. The molecule has 0 rings (SSSR count). The van der Waals surface area contributed by atoms with Crippen LogP contribution in [0.4, 0.5) is 0 Å². The van der Waals surface area contributed by atoms with Crippen molar-refractivity contribution >= 4 is 11.9 Å². The van der Waals surface area contributed by atoms with E-state index in [2.05, 4.69) is 0 Å². The van der Waals surface area contributed by atoms with E-state index in [1.54, 1.807) is 19.9 Å². The Bertz CT molecular complexity index is 318. The molecule has 0 saturated heterocycles. The van der Waals surface area contributed by atoms with E-state index in [-0.39, 0.29) is 5.97 Å². The first-order chi connectivity index (χ1) is 8.97. The van der Waals surface area contributed by atoms with Gasteiger partial charge in [0.25, 0.3) is 0 Å². The number of allylic oxidation sites excluding steroid dienone is 1. The van der Waals surface area contributed by atoms with Gasteiger partial charge in [-0.25, -0.2) is 4.79 Å². The average Bonchev–Trinajstić information content (AvgIpc) is 2.33. The lowest BCUT2D eigenvalue weighted by Crippen LogP contribution is -2.26. The molecule has 0 aliphatic carbocycles. The molecule has 0 radical (unpaired) electrons. The van der Waals surface area contributed by atoms with Gasteiger partial charge in [0.2, 0.25) is 0 Å². The van der Waals surface area contributed by atoms with Gasteiger partial charge in [0.1, 0.15) is 0 Å². The van der Waals surface area contributed by atoms with Crippen LogP contribution in [0.15, 0.2) is 11.6 Å². The molecule has 0 bridgehead atoms. The zero-order chi connectivity index (χ0) is 14.8. The molecule has 19 heavy (non-hydrogen) atoms. The third kappa shape index (κ3) is 6.41. The minimum atomic E-state index is -0.529. The molecule has 0 aromatic carbocycles. The van der Waals surface area contributed by atoms with E-state index in [0.717, 1.165) is 0 Å². The van der Waals surface area contributed by atoms with Crippen LogP contribution in [-0.4, -0.2) is 25.2 Å². The van der Waals surface area contributed by atoms with E-state index in [4.69, 9.17) is 9.47 Å². The highest BCUT2D eigenvalue weighted by atomic mass is 16.5. The van der Waals surface area contributed by atoms with Crippen LogP contribution in [0.5, 0.6) is 0 Å². The molecule has 0 saturated carbocycles. The lowest BCUT2D eigenvalue weighted by Gasteiger charge is -2.19. The molecule has 0 aliphatic rings. The topological polar surface area (TPSA) is 52.6 Å². The van der Waals surface area contributed by atoms with Crippen molar-refractivity contribution in [3.05, 3.63) is 11.6 Å². The molecule has 0 aromatic rings. The highest BCUT2D eigenvalue weighted by molar-refractivity contribution is 5.95. The zero-order valence-electron chi connectivity index (χ0n) is 12.7. The first-order valence-electron chi connectivity index (χ1n) is 7.01. The number of hydrogen-bond acceptors (Lipinski definition) is 4. The van der Waals surface area contributed by atoms with Crippen molar-refractivity contribution in [2.45, 2.75) is 47.5 Å². The summed E-state index contributed by atoms with van der Waals surface area (Å²) in [7, 11) is 0. The van der Waals surface area contributed by atoms with Crippen LogP contribution in [0.2, 0.25) is 0 Å². The SMILES string of the molecule is CCC=C(C(=O)OCC)C(CC(C)C)C(=O)OCC. The molecule has 110 valence electrons. The summed E-state index contributed by atoms with van der Waals surface area (Å²) in [6.07, 6.45) is 3.04. The first kappa shape index (κ1) is 17.7. The Morgan fingerprint density at radius 2 is 1.63 bits per heavy atom. The highest BCUT2D eigenvalue weighted by Gasteiger charge is 2.30. The Kier molecular flexibility index (Phi) is 8.92. The van der Waals surface area contributed by atoms with Crippen LogP contribution < -0.4 is 0 Å². The van der Waals surface area contributed by atoms with Gasteiger partial charge >= 0.3 is 11.9 Å². The maximum absolute atomic E-state index is 12.0. The van der Waals surface area contributed by atoms with Crippen molar-refractivity contribution in [2.24, 2.45) is 11.8 Å². The maximum Gasteiger partial charge on any atom is 0.334 e. The van der Waals surface area contributed by atoms with Crippen molar-refractivity contribution in [2.75, 3.05) is 13.2 Å². The lowest BCUT2D eigenvalue weighted by atomic mass is 9.89. The molecule has 0 N–H and O–H groups in total. The molecule has 0 aromatic heterocycles. The van der Waals surface area contributed by atoms with E-state index >= 15 is 0 Å². The molecular weight excluding hydrogens is 244 g/mol. The summed E-state index contributed by atoms with van der Waals surface area (Å²) in [5.41, 5.74) is 0.427. The molecule has 4 heteroatoms. The van der Waals surface area contributed by atoms with E-state index < -0.39 is 11.9 Å². The van der Waals surface area contributed by atoms with Gasteiger partial charge < -0.3 is 9.47 Å². The van der Waals surface area contributed by atoms with Crippen LogP contribution >= 0.6 is 0 Å². The number of esters is 2. The molecule has 1 atom stereocenters. The largest absolute Gasteiger partial charge is 0.466 e. The second kappa shape index (κ2) is 9.59. The average molecular weight is 270 g/mol. The van der Waals surface area contributed by atoms with Crippen molar-refractivity contribution in [3.8, 4) is 0 Å². The molecule has 0 spiro atoms. The minimum absolute atomic E-state index is 0.295. The lowest BCUT2D eigenvalue weighted by molar-refractivity contribution is -0.150. The summed E-state index contributed by atoms with van der Waals surface area (Å²) in [6.45, 7) is 10.1. The minimum Gasteiger partial charge on any atom is -0.466 e. The van der Waals surface area contributed by atoms with Gasteiger partial charge in [-0.15, -0.1) is 0 Å². The monoisotopic (exact) mass is 270 g/mol. The Labute approximate surface area is 116 Å². The fraction of sp³-hybridized carbons (Fsp3) is 0.733. The van der Waals surface area contributed by atoms with Crippen LogP contribution in [-0.2, 0) is 19.1 Å². The van der Waals surface area contributed by atoms with Gasteiger partial charge in [0.05, 0.1) is 19.1 Å². The smallest absolute Gasteiger partial charge is 0.334 e. The van der Waals surface area contributed by atoms with E-state index in [1.807, 2.05) is 20.8 Å². The van der Waals surface area contributed by atoms with Gasteiger partial charge in [-0.1, -0.05) is 26.8 Å². The number of ether oxygens (including phenoxy) is 2. The summed E-state index contributed by atoms with van der Waals surface area (Å²) in [5, 5.41) is 0. The first-order valence-corrected chi connectivity index (χ1v) is 7.01. The molecule has 0 amide bonds. The summed E-state index contributed by atoms with van der Waals surface area (Å²) in [6, 6.07) is 0. The van der Waals surface area contributed by atoms with Crippen LogP contribution in [0.1, 0.15) is 47.5 Å². The highest BCUT2D eigenvalue weighted by Crippen LogP contribution is 2.23. The quantitative estimate of drug-likeness (QED) is 0.502. The Morgan fingerprint density at radius 3 is 2.05 bits per heavy atom. The zero-order valence-corrected chi connectivity index (χ0v) is 12.7. The summed E-state index contributed by atoms with van der Waals surface area (Å²) in [5.74, 6) is -0.991. The Balaban J connectivity index is 5.19. The third-order valence-electron chi connectivity index (χ3n) is 2.59. The molecule has 0 fully saturated rings. The molecule has 4 nitrogen and oxygen atoms in total. The second-order valence-corrected chi connectivity index (χ2v) is 4.72. The maximum atomic E-state index is 12.0. The normalized spacial score (nSPS) is 13.3. The summed E-state index contributed by atoms with van der Waals surface area (Å²) < 4.78 is 10.1. The standard InChI is InChI=1S/C15H26O4/c1-6-9-12(14(16)18-7-2)13(10-11(4)5)15(17)19-8-3/h9,11,13H,6-8,10H2,1-5H3. The van der Waals surface area contributed by atoms with Gasteiger partial charge in [-0.2, -0.15) is 0 Å². The van der Waals surface area contributed by atoms with Crippen molar-refractivity contribution in [1.82, 2.24) is 0 Å². The summed E-state index contributed by atoms with van der Waals surface area (Å²) in [4.78, 5) is 24.0. The number of hydrogen-bond donors (Lipinski definition) is 0. The van der Waals surface area contributed by atoms with Crippen molar-refractivity contribution in [1.29, 1.82) is 0 Å². The fourth-order valence-corrected chi connectivity index (χ4v) is 1.87. The number of carbonyl (C=O) groups is 2. The van der Waals surface area contributed by atoms with Gasteiger partial charge in [0.15, 0.2) is 0 Å². The van der Waals surface area contributed by atoms with Crippen molar-refractivity contribution in [3.63, 3.8) is 0 Å². The van der Waals surface area contributed by atoms with E-state index in [0.29, 0.717) is 37.5 Å². The van der Waals surface area contributed by atoms with Crippen LogP contribution in [0.3, 0.4) is 0 Å². The van der Waals surface area contributed by atoms with Gasteiger partial charge in [-0.05, 0) is 32.6 Å². The summed E-state index contributed by atoms with van der Waals surface area (Å²) >= 11 is 0. The Hall–Kier alpha value is -1.32. The third-order valence-corrected chi connectivity index (χ3v) is 2.59. The predicted octanol–water partition coefficient (Wildman–Crippen LogP) is 3.11. The number of carbonyl (C=O) groups excluding carboxylic acids is 2. The van der Waals surface area contributed by atoms with Crippen molar-refractivity contribution < 1.29 is 19.1 Å². The molecule has 0 aliphatic heterocycles. The van der Waals surface area contributed by atoms with E-state index in [9.17, 15) is 9.59 Å². The predicted molar refractivity (Wildman–Crippen MR) is 74.6 cm³/mol. The van der Waals surface area contributed by atoms with Crippen LogP contribution in [0, 0.1) is 11.8 Å². The van der Waals surface area contributed by atoms with Gasteiger partial charge in [-0.3, -0.25) is 4.79 Å². The van der Waals surface area contributed by atoms with Crippen LogP contribution in [0.25, 0.3) is 0 Å². The second-order valence-electron chi connectivity index (χ2n) is 4.72. The molecular formula is C15H26O4. The fourth-order valence-electron chi connectivity index (χ4n) is 1.87. The molecule has 1 unspecified atom stereocenters. The van der Waals surface area contributed by atoms with E-state index in [1.165, 1.54) is 0 Å². The Morgan fingerprint density at radius 1 is 1.05 bits per heavy atom. The number of rotatable bonds is 8. The van der Waals surface area contributed by atoms with Gasteiger partial charge in [0, 0.05) is 5.57 Å².